The number of hydrogen-bond donors (Lipinski definition) is 3. The molecule has 3 atom stereocenters. The predicted molar refractivity (Wildman–Crippen MR) is 283 cm³/mol. The van der Waals surface area contributed by atoms with Gasteiger partial charge in [0.05, 0.1) is 56.3 Å². The Bertz CT molecular complexity index is 2260. The molecule has 3 N–H and O–H groups in total. The summed E-state index contributed by atoms with van der Waals surface area (Å²) in [6.45, 7) is 13.4. The summed E-state index contributed by atoms with van der Waals surface area (Å²) < 4.78 is 53.4. The van der Waals surface area contributed by atoms with E-state index in [-0.39, 0.29) is 53.8 Å². The Kier molecular flexibility index (Phi) is 27.3. The Morgan fingerprint density at radius 2 is 0.787 bits per heavy atom. The Morgan fingerprint density at radius 3 is 1.13 bits per heavy atom. The number of carbonyl (C=O) groups is 6. The Labute approximate surface area is 442 Å². The molecule has 1 heterocycles. The summed E-state index contributed by atoms with van der Waals surface area (Å²) in [5.74, 6) is -4.39. The number of nitrogens with one attached hydrogen (secondary N) is 3. The zero-order valence-electron chi connectivity index (χ0n) is 45.0. The molecule has 4 rings (SSSR count). The van der Waals surface area contributed by atoms with Crippen molar-refractivity contribution in [1.29, 1.82) is 0 Å². The number of esters is 3. The summed E-state index contributed by atoms with van der Waals surface area (Å²) in [4.78, 5) is 85.5. The van der Waals surface area contributed by atoms with Crippen LogP contribution in [0, 0.1) is 0 Å². The van der Waals surface area contributed by atoms with Crippen molar-refractivity contribution in [2.75, 3.05) is 59.5 Å². The molecule has 1 aliphatic heterocycles. The Hall–Kier alpha value is -6.98. The van der Waals surface area contributed by atoms with Crippen molar-refractivity contribution < 1.29 is 71.4 Å². The van der Waals surface area contributed by atoms with Gasteiger partial charge in [0, 0.05) is 0 Å². The molecule has 0 spiro atoms. The van der Waals surface area contributed by atoms with Gasteiger partial charge in [-0.3, -0.25) is 14.4 Å². The molecule has 0 bridgehead atoms. The van der Waals surface area contributed by atoms with Gasteiger partial charge in [0.15, 0.2) is 52.6 Å². The van der Waals surface area contributed by atoms with Gasteiger partial charge in [0.25, 0.3) is 17.7 Å². The summed E-state index contributed by atoms with van der Waals surface area (Å²) in [5.41, 5.74) is 0.678. The first-order valence-electron chi connectivity index (χ1n) is 26.7. The van der Waals surface area contributed by atoms with Gasteiger partial charge in [-0.15, -0.1) is 0 Å². The van der Waals surface area contributed by atoms with E-state index in [2.05, 4.69) is 16.0 Å². The Balaban J connectivity index is 1.77. The first-order valence-corrected chi connectivity index (χ1v) is 26.7. The normalized spacial score (nSPS) is 16.0. The number of unbranched alkanes of at least 4 members (excludes halogenated alkanes) is 6. The summed E-state index contributed by atoms with van der Waals surface area (Å²) in [6, 6.07) is 7.83. The lowest BCUT2D eigenvalue weighted by molar-refractivity contribution is -0.160. The zero-order chi connectivity index (χ0) is 54.4. The third-order valence-electron chi connectivity index (χ3n) is 11.6. The average molecular weight is 1050 g/mol. The van der Waals surface area contributed by atoms with Crippen LogP contribution in [0.15, 0.2) is 54.6 Å². The molecule has 0 unspecified atom stereocenters. The lowest BCUT2D eigenvalue weighted by atomic mass is 10.1. The topological polar surface area (TPSA) is 222 Å². The van der Waals surface area contributed by atoms with Crippen LogP contribution in [0.3, 0.4) is 0 Å². The molecule has 18 heteroatoms. The van der Waals surface area contributed by atoms with Gasteiger partial charge in [-0.25, -0.2) is 14.4 Å². The number of para-hydroxylation sites is 2. The highest BCUT2D eigenvalue weighted by Crippen LogP contribution is 2.36. The van der Waals surface area contributed by atoms with Crippen LogP contribution in [0.2, 0.25) is 0 Å². The zero-order valence-corrected chi connectivity index (χ0v) is 45.0. The minimum atomic E-state index is -1.70. The summed E-state index contributed by atoms with van der Waals surface area (Å²) in [7, 11) is 0. The number of allylic oxidation sites excluding steroid dienone is 1. The van der Waals surface area contributed by atoms with E-state index >= 15 is 0 Å². The minimum Gasteiger partial charge on any atom is -0.490 e. The van der Waals surface area contributed by atoms with Crippen molar-refractivity contribution in [3.8, 4) is 34.5 Å². The highest BCUT2D eigenvalue weighted by molar-refractivity contribution is 6.02. The molecule has 0 aliphatic carbocycles. The monoisotopic (exact) mass is 1050 g/mol. The molecule has 3 amide bonds. The van der Waals surface area contributed by atoms with Crippen LogP contribution in [0.25, 0.3) is 6.08 Å². The predicted octanol–water partition coefficient (Wildman–Crippen LogP) is 9.13. The van der Waals surface area contributed by atoms with E-state index in [4.69, 9.17) is 42.6 Å². The van der Waals surface area contributed by atoms with Crippen LogP contribution >= 0.6 is 0 Å². The van der Waals surface area contributed by atoms with Crippen LogP contribution in [0.4, 0.5) is 0 Å². The molecule has 75 heavy (non-hydrogen) atoms. The van der Waals surface area contributed by atoms with Crippen LogP contribution < -0.4 is 44.4 Å². The van der Waals surface area contributed by atoms with E-state index in [1.165, 1.54) is 12.1 Å². The van der Waals surface area contributed by atoms with Crippen LogP contribution in [-0.2, 0) is 28.6 Å². The maximum Gasteiger partial charge on any atom is 0.332 e. The lowest BCUT2D eigenvalue weighted by Gasteiger charge is -2.25. The average Bonchev–Trinajstić information content (AvgIpc) is 3.40. The smallest absolute Gasteiger partial charge is 0.332 e. The highest BCUT2D eigenvalue weighted by Gasteiger charge is 2.35. The molecule has 1 saturated heterocycles. The standard InChI is InChI=1S/C57H79N3O15/c1-8-15-28-67-46-26-21-24-40(49(46)70-31-18-11-4)52(61)58-43-36-73-55(64)44(59-53(62)41-25-22-27-47(68-29-16-9-2)50(41)71-32-19-12-5)37-74-57(66)45(38-75-56(43)65)60-54(63)42-34-39(23-14-7)35-48(69-30-17-10-3)51(42)72-33-20-13-6/h14,21-27,34-35,43-45H,8-13,15-20,28-33,36-38H2,1-7H3,(H,58,61)(H,59,62)(H,60,63)/b23-14+/t43-,44-,45-/m0/s1. The molecule has 3 aromatic carbocycles. The van der Waals surface area contributed by atoms with E-state index < -0.39 is 73.6 Å². The second kappa shape index (κ2) is 33.8. The second-order valence-electron chi connectivity index (χ2n) is 17.8. The fraction of sp³-hybridized carbons (Fsp3) is 0.544. The fourth-order valence-corrected chi connectivity index (χ4v) is 7.20. The van der Waals surface area contributed by atoms with Crippen LogP contribution in [0.1, 0.15) is 162 Å². The molecule has 18 nitrogen and oxygen atoms in total. The lowest BCUT2D eigenvalue weighted by Crippen LogP contribution is -2.52. The fourth-order valence-electron chi connectivity index (χ4n) is 7.20. The third kappa shape index (κ3) is 19.3. The molecule has 0 radical (unpaired) electrons. The van der Waals surface area contributed by atoms with Gasteiger partial charge in [0.2, 0.25) is 0 Å². The second-order valence-corrected chi connectivity index (χ2v) is 17.8. The van der Waals surface area contributed by atoms with Crippen molar-refractivity contribution in [1.82, 2.24) is 16.0 Å². The summed E-state index contributed by atoms with van der Waals surface area (Å²) >= 11 is 0. The molecule has 1 fully saturated rings. The molecule has 0 aromatic heterocycles. The van der Waals surface area contributed by atoms with Gasteiger partial charge in [-0.05, 0) is 87.4 Å². The van der Waals surface area contributed by atoms with Crippen molar-refractivity contribution in [3.05, 3.63) is 76.9 Å². The summed E-state index contributed by atoms with van der Waals surface area (Å²) in [6.07, 6.45) is 12.9. The van der Waals surface area contributed by atoms with Crippen LogP contribution in [-0.4, -0.2) is 113 Å². The largest absolute Gasteiger partial charge is 0.490 e. The van der Waals surface area contributed by atoms with E-state index in [1.54, 1.807) is 48.6 Å². The quantitative estimate of drug-likeness (QED) is 0.0311. The van der Waals surface area contributed by atoms with E-state index in [9.17, 15) is 28.8 Å². The van der Waals surface area contributed by atoms with E-state index in [0.29, 0.717) is 61.9 Å². The number of amides is 3. The number of hydrogen-bond acceptors (Lipinski definition) is 15. The van der Waals surface area contributed by atoms with Gasteiger partial charge in [0.1, 0.15) is 19.8 Å². The molecular formula is C57H79N3O15. The maximum atomic E-state index is 14.5. The number of benzene rings is 3. The van der Waals surface area contributed by atoms with Gasteiger partial charge >= 0.3 is 17.9 Å². The number of carbonyl (C=O) groups excluding carboxylic acids is 6. The molecule has 412 valence electrons. The maximum absolute atomic E-state index is 14.5. The number of cyclic esters (lactones) is 3. The summed E-state index contributed by atoms with van der Waals surface area (Å²) in [5, 5.41) is 7.86. The van der Waals surface area contributed by atoms with Crippen molar-refractivity contribution in [2.24, 2.45) is 0 Å². The molecular weight excluding hydrogens is 967 g/mol. The third-order valence-corrected chi connectivity index (χ3v) is 11.6. The minimum absolute atomic E-state index is 0.0213. The Morgan fingerprint density at radius 1 is 0.467 bits per heavy atom. The number of rotatable bonds is 31. The van der Waals surface area contributed by atoms with Crippen molar-refractivity contribution >= 4 is 41.7 Å². The molecule has 0 saturated carbocycles. The molecule has 1 aliphatic rings. The van der Waals surface area contributed by atoms with Crippen molar-refractivity contribution in [2.45, 2.75) is 144 Å². The van der Waals surface area contributed by atoms with Gasteiger partial charge in [-0.1, -0.05) is 104 Å². The molecule has 3 aromatic rings. The van der Waals surface area contributed by atoms with Crippen molar-refractivity contribution in [3.63, 3.8) is 0 Å². The first kappa shape index (κ1) is 60.6. The van der Waals surface area contributed by atoms with Crippen LogP contribution in [0.5, 0.6) is 34.5 Å². The SMILES string of the molecule is C/C=C/c1cc(OCCCC)c(OCCCC)c(C(=O)N[C@H]2COC(=O)[C@@H](NC(=O)c3cccc(OCCCC)c3OCCCC)COC(=O)[C@@H](NC(=O)c3cccc(OCCCC)c3OCCCC)COC2=O)c1. The van der Waals surface area contributed by atoms with E-state index in [0.717, 1.165) is 57.8 Å². The van der Waals surface area contributed by atoms with Gasteiger partial charge < -0.3 is 58.6 Å². The number of ether oxygens (including phenoxy) is 9. The highest BCUT2D eigenvalue weighted by atomic mass is 16.6. The van der Waals surface area contributed by atoms with Gasteiger partial charge in [-0.2, -0.15) is 0 Å². The van der Waals surface area contributed by atoms with E-state index in [1.807, 2.05) is 48.5 Å². The first-order chi connectivity index (χ1) is 36.4.